The molecule has 146 valence electrons. The van der Waals surface area contributed by atoms with E-state index in [1.165, 1.54) is 0 Å². The average Bonchev–Trinajstić information content (AvgIpc) is 2.83. The topological polar surface area (TPSA) is 58.1 Å². The number of nitrogens with one attached hydrogen (secondary N) is 2. The fourth-order valence-electron chi connectivity index (χ4n) is 3.07. The first-order valence-electron chi connectivity index (χ1n) is 9.72. The monoisotopic (exact) mass is 362 g/mol. The number of aliphatic imine (C=N–C) groups is 1. The summed E-state index contributed by atoms with van der Waals surface area (Å²) in [5.41, 5.74) is 0.943. The standard InChI is InChI=1S/C20H34N4O2/c1-6-21-20(22-10-11-24(15(2)3)16(4)5)23-17-8-9-18-19(14-17)26-13-7-12-25-18/h8-9,14-16H,6-7,10-13H2,1-5H3,(H2,21,22,23). The molecule has 0 radical (unpaired) electrons. The molecule has 2 rings (SSSR count). The first-order valence-corrected chi connectivity index (χ1v) is 9.72. The molecule has 0 bridgehead atoms. The largest absolute Gasteiger partial charge is 0.490 e. The molecule has 1 aromatic carbocycles. The van der Waals surface area contributed by atoms with Crippen molar-refractivity contribution in [2.45, 2.75) is 53.1 Å². The van der Waals surface area contributed by atoms with E-state index in [4.69, 9.17) is 14.5 Å². The van der Waals surface area contributed by atoms with Gasteiger partial charge in [0.2, 0.25) is 0 Å². The molecule has 6 nitrogen and oxygen atoms in total. The number of benzene rings is 1. The van der Waals surface area contributed by atoms with E-state index in [1.807, 2.05) is 18.2 Å². The Labute approximate surface area is 158 Å². The lowest BCUT2D eigenvalue weighted by atomic mass is 10.2. The van der Waals surface area contributed by atoms with Crippen LogP contribution < -0.4 is 20.1 Å². The van der Waals surface area contributed by atoms with E-state index in [0.717, 1.165) is 49.2 Å². The number of fused-ring (bicyclic) bond motifs is 1. The minimum Gasteiger partial charge on any atom is -0.490 e. The first-order chi connectivity index (χ1) is 12.5. The van der Waals surface area contributed by atoms with Crippen molar-refractivity contribution in [1.82, 2.24) is 10.2 Å². The van der Waals surface area contributed by atoms with E-state index in [0.29, 0.717) is 25.3 Å². The average molecular weight is 363 g/mol. The van der Waals surface area contributed by atoms with Gasteiger partial charge in [0.05, 0.1) is 19.8 Å². The van der Waals surface area contributed by atoms with Crippen LogP contribution in [0.1, 0.15) is 41.0 Å². The smallest absolute Gasteiger partial charge is 0.195 e. The van der Waals surface area contributed by atoms with Gasteiger partial charge in [-0.25, -0.2) is 0 Å². The van der Waals surface area contributed by atoms with Gasteiger partial charge in [-0.05, 0) is 46.8 Å². The lowest BCUT2D eigenvalue weighted by Crippen LogP contribution is -2.39. The van der Waals surface area contributed by atoms with Gasteiger partial charge in [0.1, 0.15) is 0 Å². The van der Waals surface area contributed by atoms with Gasteiger partial charge < -0.3 is 20.1 Å². The Balaban J connectivity index is 2.02. The van der Waals surface area contributed by atoms with Gasteiger partial charge in [-0.3, -0.25) is 9.89 Å². The lowest BCUT2D eigenvalue weighted by Gasteiger charge is -2.29. The Morgan fingerprint density at radius 1 is 1.12 bits per heavy atom. The highest BCUT2D eigenvalue weighted by Crippen LogP contribution is 2.32. The highest BCUT2D eigenvalue weighted by atomic mass is 16.5. The zero-order valence-electron chi connectivity index (χ0n) is 16.8. The van der Waals surface area contributed by atoms with Crippen LogP contribution in [0.15, 0.2) is 23.2 Å². The Morgan fingerprint density at radius 3 is 2.46 bits per heavy atom. The van der Waals surface area contributed by atoms with E-state index in [9.17, 15) is 0 Å². The van der Waals surface area contributed by atoms with Crippen molar-refractivity contribution in [1.29, 1.82) is 0 Å². The third-order valence-electron chi connectivity index (χ3n) is 4.31. The minimum atomic E-state index is 0.516. The SMILES string of the molecule is CCNC(=NCCN(C(C)C)C(C)C)Nc1ccc2c(c1)OCCCO2. The number of guanidine groups is 1. The van der Waals surface area contributed by atoms with Crippen molar-refractivity contribution in [2.24, 2.45) is 4.99 Å². The number of rotatable bonds is 7. The van der Waals surface area contributed by atoms with Gasteiger partial charge in [0, 0.05) is 43.3 Å². The number of hydrogen-bond donors (Lipinski definition) is 2. The molecule has 0 saturated carbocycles. The molecular formula is C20H34N4O2. The molecule has 0 unspecified atom stereocenters. The summed E-state index contributed by atoms with van der Waals surface area (Å²) in [4.78, 5) is 7.17. The van der Waals surface area contributed by atoms with Crippen LogP contribution in [-0.2, 0) is 0 Å². The van der Waals surface area contributed by atoms with Crippen molar-refractivity contribution in [3.63, 3.8) is 0 Å². The van der Waals surface area contributed by atoms with Crippen LogP contribution >= 0.6 is 0 Å². The highest BCUT2D eigenvalue weighted by molar-refractivity contribution is 5.93. The molecule has 1 aromatic rings. The second-order valence-electron chi connectivity index (χ2n) is 7.02. The summed E-state index contributed by atoms with van der Waals surface area (Å²) in [5.74, 6) is 2.38. The molecule has 26 heavy (non-hydrogen) atoms. The van der Waals surface area contributed by atoms with Crippen molar-refractivity contribution >= 4 is 11.6 Å². The molecule has 6 heteroatoms. The quantitative estimate of drug-likeness (QED) is 0.575. The second kappa shape index (κ2) is 10.3. The lowest BCUT2D eigenvalue weighted by molar-refractivity contribution is 0.181. The summed E-state index contributed by atoms with van der Waals surface area (Å²) in [5, 5.41) is 6.67. The number of nitrogens with zero attached hydrogens (tertiary/aromatic N) is 2. The van der Waals surface area contributed by atoms with Gasteiger partial charge >= 0.3 is 0 Å². The van der Waals surface area contributed by atoms with Crippen molar-refractivity contribution in [2.75, 3.05) is 38.2 Å². The summed E-state index contributed by atoms with van der Waals surface area (Å²) in [6.07, 6.45) is 0.906. The molecular weight excluding hydrogens is 328 g/mol. The molecule has 0 saturated heterocycles. The Hall–Kier alpha value is -1.95. The Kier molecular flexibility index (Phi) is 8.04. The van der Waals surface area contributed by atoms with Gasteiger partial charge in [-0.15, -0.1) is 0 Å². The van der Waals surface area contributed by atoms with Crippen molar-refractivity contribution in [3.05, 3.63) is 18.2 Å². The maximum atomic E-state index is 5.76. The minimum absolute atomic E-state index is 0.516. The van der Waals surface area contributed by atoms with Crippen LogP contribution in [0.2, 0.25) is 0 Å². The zero-order chi connectivity index (χ0) is 18.9. The maximum Gasteiger partial charge on any atom is 0.195 e. The second-order valence-corrected chi connectivity index (χ2v) is 7.02. The summed E-state index contributed by atoms with van der Waals surface area (Å²) >= 11 is 0. The van der Waals surface area contributed by atoms with Crippen molar-refractivity contribution < 1.29 is 9.47 Å². The number of anilines is 1. The van der Waals surface area contributed by atoms with Gasteiger partial charge in [-0.2, -0.15) is 0 Å². The van der Waals surface area contributed by atoms with Crippen LogP contribution in [0.3, 0.4) is 0 Å². The van der Waals surface area contributed by atoms with Gasteiger partial charge in [-0.1, -0.05) is 0 Å². The van der Waals surface area contributed by atoms with E-state index < -0.39 is 0 Å². The maximum absolute atomic E-state index is 5.76. The number of ether oxygens (including phenoxy) is 2. The molecule has 1 aliphatic heterocycles. The molecule has 0 amide bonds. The van der Waals surface area contributed by atoms with E-state index in [1.54, 1.807) is 0 Å². The Morgan fingerprint density at radius 2 is 1.81 bits per heavy atom. The fourth-order valence-corrected chi connectivity index (χ4v) is 3.07. The molecule has 2 N–H and O–H groups in total. The molecule has 0 aliphatic carbocycles. The summed E-state index contributed by atoms with van der Waals surface area (Å²) in [6.45, 7) is 14.9. The molecule has 0 spiro atoms. The summed E-state index contributed by atoms with van der Waals surface area (Å²) in [6, 6.07) is 6.95. The molecule has 1 heterocycles. The molecule has 0 aromatic heterocycles. The third-order valence-corrected chi connectivity index (χ3v) is 4.31. The van der Waals surface area contributed by atoms with Crippen LogP contribution in [0.25, 0.3) is 0 Å². The van der Waals surface area contributed by atoms with Crippen LogP contribution in [0, 0.1) is 0 Å². The van der Waals surface area contributed by atoms with Crippen molar-refractivity contribution in [3.8, 4) is 11.5 Å². The normalized spacial score (nSPS) is 14.7. The molecule has 0 atom stereocenters. The van der Waals surface area contributed by atoms with Crippen LogP contribution in [-0.4, -0.2) is 55.8 Å². The molecule has 0 fully saturated rings. The Bertz CT molecular complexity index is 579. The van der Waals surface area contributed by atoms with Crippen LogP contribution in [0.4, 0.5) is 5.69 Å². The highest BCUT2D eigenvalue weighted by Gasteiger charge is 2.13. The zero-order valence-corrected chi connectivity index (χ0v) is 16.8. The first kappa shape index (κ1) is 20.4. The summed E-state index contributed by atoms with van der Waals surface area (Å²) in [7, 11) is 0. The van der Waals surface area contributed by atoms with Crippen LogP contribution in [0.5, 0.6) is 11.5 Å². The van der Waals surface area contributed by atoms with E-state index in [2.05, 4.69) is 50.2 Å². The predicted octanol–water partition coefficient (Wildman–Crippen LogP) is 3.34. The molecule has 1 aliphatic rings. The number of hydrogen-bond acceptors (Lipinski definition) is 4. The van der Waals surface area contributed by atoms with E-state index in [-0.39, 0.29) is 0 Å². The van der Waals surface area contributed by atoms with Gasteiger partial charge in [0.25, 0.3) is 0 Å². The van der Waals surface area contributed by atoms with Gasteiger partial charge in [0.15, 0.2) is 17.5 Å². The fraction of sp³-hybridized carbons (Fsp3) is 0.650. The predicted molar refractivity (Wildman–Crippen MR) is 109 cm³/mol. The third kappa shape index (κ3) is 6.09. The summed E-state index contributed by atoms with van der Waals surface area (Å²) < 4.78 is 11.5. The van der Waals surface area contributed by atoms with E-state index >= 15 is 0 Å².